The van der Waals surface area contributed by atoms with E-state index in [1.54, 1.807) is 6.07 Å². The predicted molar refractivity (Wildman–Crippen MR) is 75.5 cm³/mol. The van der Waals surface area contributed by atoms with Gasteiger partial charge in [-0.25, -0.2) is 0 Å². The Labute approximate surface area is 120 Å². The van der Waals surface area contributed by atoms with E-state index >= 15 is 0 Å². The monoisotopic (exact) mass is 312 g/mol. The summed E-state index contributed by atoms with van der Waals surface area (Å²) >= 11 is 2.41. The van der Waals surface area contributed by atoms with Crippen LogP contribution in [0.1, 0.15) is 9.67 Å². The van der Waals surface area contributed by atoms with E-state index in [0.717, 1.165) is 27.0 Å². The van der Waals surface area contributed by atoms with Gasteiger partial charge in [0.2, 0.25) is 0 Å². The van der Waals surface area contributed by atoms with Crippen molar-refractivity contribution < 1.29 is 18.0 Å². The highest BCUT2D eigenvalue weighted by atomic mass is 32.1. The van der Waals surface area contributed by atoms with Crippen LogP contribution in [0.2, 0.25) is 0 Å². The topological polar surface area (TPSA) is 17.1 Å². The molecule has 1 nitrogen and oxygen atoms in total. The van der Waals surface area contributed by atoms with E-state index in [-0.39, 0.29) is 4.88 Å². The summed E-state index contributed by atoms with van der Waals surface area (Å²) in [7, 11) is 0. The van der Waals surface area contributed by atoms with Crippen LogP contribution >= 0.6 is 22.7 Å². The Bertz CT molecular complexity index is 783. The van der Waals surface area contributed by atoms with Crippen LogP contribution in [0.3, 0.4) is 0 Å². The molecule has 2 heterocycles. The molecule has 102 valence electrons. The van der Waals surface area contributed by atoms with E-state index in [1.165, 1.54) is 17.4 Å². The van der Waals surface area contributed by atoms with Gasteiger partial charge in [-0.1, -0.05) is 18.2 Å². The van der Waals surface area contributed by atoms with E-state index in [0.29, 0.717) is 4.88 Å². The molecule has 0 saturated heterocycles. The third-order valence-electron chi connectivity index (χ3n) is 2.83. The van der Waals surface area contributed by atoms with Gasteiger partial charge in [-0.3, -0.25) is 4.79 Å². The maximum Gasteiger partial charge on any atom is 0.455 e. The van der Waals surface area contributed by atoms with Crippen molar-refractivity contribution in [3.63, 3.8) is 0 Å². The van der Waals surface area contributed by atoms with Crippen molar-refractivity contribution in [2.24, 2.45) is 0 Å². The van der Waals surface area contributed by atoms with Gasteiger partial charge >= 0.3 is 6.18 Å². The van der Waals surface area contributed by atoms with Crippen LogP contribution in [0.4, 0.5) is 13.2 Å². The molecule has 1 aromatic carbocycles. The van der Waals surface area contributed by atoms with E-state index in [4.69, 9.17) is 0 Å². The molecule has 0 saturated carbocycles. The zero-order valence-corrected chi connectivity index (χ0v) is 11.5. The Balaban J connectivity index is 2.04. The Morgan fingerprint density at radius 2 is 1.80 bits per heavy atom. The molecule has 0 bridgehead atoms. The van der Waals surface area contributed by atoms with Crippen LogP contribution in [0.15, 0.2) is 41.8 Å². The fraction of sp³-hybridized carbons (Fsp3) is 0.0714. The summed E-state index contributed by atoms with van der Waals surface area (Å²) in [6.07, 6.45) is -4.82. The maximum absolute atomic E-state index is 12.4. The molecule has 3 aromatic rings. The molecule has 0 aliphatic heterocycles. The number of halogens is 3. The normalized spacial score (nSPS) is 11.9. The number of carbonyl (C=O) groups is 1. The third kappa shape index (κ3) is 2.25. The lowest BCUT2D eigenvalue weighted by Gasteiger charge is -2.01. The first-order chi connectivity index (χ1) is 9.47. The molecular weight excluding hydrogens is 305 g/mol. The summed E-state index contributed by atoms with van der Waals surface area (Å²) in [6.45, 7) is 0. The van der Waals surface area contributed by atoms with E-state index < -0.39 is 12.0 Å². The van der Waals surface area contributed by atoms with Gasteiger partial charge in [0.25, 0.3) is 5.78 Å². The molecule has 2 aromatic heterocycles. The molecule has 0 N–H and O–H groups in total. The minimum Gasteiger partial charge on any atom is -0.283 e. The highest BCUT2D eigenvalue weighted by Gasteiger charge is 2.40. The van der Waals surface area contributed by atoms with Crippen LogP contribution in [-0.4, -0.2) is 12.0 Å². The van der Waals surface area contributed by atoms with Gasteiger partial charge in [-0.15, -0.1) is 22.7 Å². The van der Waals surface area contributed by atoms with E-state index in [1.807, 2.05) is 29.6 Å². The molecule has 20 heavy (non-hydrogen) atoms. The second kappa shape index (κ2) is 4.71. The van der Waals surface area contributed by atoms with Crippen molar-refractivity contribution in [3.05, 3.63) is 46.7 Å². The number of alkyl halides is 3. The van der Waals surface area contributed by atoms with Crippen LogP contribution in [0.5, 0.6) is 0 Å². The minimum absolute atomic E-state index is 0.275. The summed E-state index contributed by atoms with van der Waals surface area (Å²) in [4.78, 5) is 11.6. The van der Waals surface area contributed by atoms with Crippen molar-refractivity contribution in [2.45, 2.75) is 6.18 Å². The van der Waals surface area contributed by atoms with Gasteiger partial charge in [0.15, 0.2) is 0 Å². The number of Topliss-reactive ketones (excluding diaryl/α,β-unsaturated/α-hetero) is 1. The fourth-order valence-corrected chi connectivity index (χ4v) is 3.94. The Morgan fingerprint density at radius 3 is 2.55 bits per heavy atom. The number of benzene rings is 1. The van der Waals surface area contributed by atoms with Crippen molar-refractivity contribution in [2.75, 3.05) is 0 Å². The zero-order valence-electron chi connectivity index (χ0n) is 9.90. The molecular formula is C14H7F3OS2. The second-order valence-electron chi connectivity index (χ2n) is 4.14. The first-order valence-corrected chi connectivity index (χ1v) is 7.34. The van der Waals surface area contributed by atoms with Crippen LogP contribution in [-0.2, 0) is 0 Å². The van der Waals surface area contributed by atoms with Gasteiger partial charge in [0.05, 0.1) is 4.88 Å². The quantitative estimate of drug-likeness (QED) is 0.581. The van der Waals surface area contributed by atoms with Crippen molar-refractivity contribution in [1.29, 1.82) is 0 Å². The molecule has 0 atom stereocenters. The smallest absolute Gasteiger partial charge is 0.283 e. The van der Waals surface area contributed by atoms with Gasteiger partial charge in [0, 0.05) is 25.9 Å². The molecule has 6 heteroatoms. The first kappa shape index (κ1) is 13.3. The molecule has 0 spiro atoms. The molecule has 0 fully saturated rings. The van der Waals surface area contributed by atoms with Crippen LogP contribution < -0.4 is 0 Å². The Kier molecular flexibility index (Phi) is 3.14. The standard InChI is InChI=1S/C14H7F3OS2/c15-14(16,17)13(18)12-6-5-11(20-12)9-7-19-10-4-2-1-3-8(9)10/h1-7H. The molecule has 0 amide bonds. The summed E-state index contributed by atoms with van der Waals surface area (Å²) < 4.78 is 38.3. The van der Waals surface area contributed by atoms with Crippen molar-refractivity contribution >= 4 is 38.5 Å². The van der Waals surface area contributed by atoms with Crippen molar-refractivity contribution in [3.8, 4) is 10.4 Å². The lowest BCUT2D eigenvalue weighted by atomic mass is 10.1. The first-order valence-electron chi connectivity index (χ1n) is 5.65. The largest absolute Gasteiger partial charge is 0.455 e. The van der Waals surface area contributed by atoms with E-state index in [9.17, 15) is 18.0 Å². The lowest BCUT2D eigenvalue weighted by Crippen LogP contribution is -2.21. The Morgan fingerprint density at radius 1 is 1.05 bits per heavy atom. The minimum atomic E-state index is -4.82. The predicted octanol–water partition coefficient (Wildman–Crippen LogP) is 5.37. The number of thiophene rings is 2. The van der Waals surface area contributed by atoms with Gasteiger partial charge < -0.3 is 0 Å². The molecule has 0 radical (unpaired) electrons. The number of fused-ring (bicyclic) bond motifs is 1. The average Bonchev–Trinajstić information content (AvgIpc) is 3.02. The summed E-state index contributed by atoms with van der Waals surface area (Å²) in [5.41, 5.74) is 0.872. The number of rotatable bonds is 2. The van der Waals surface area contributed by atoms with E-state index in [2.05, 4.69) is 0 Å². The fourth-order valence-electron chi connectivity index (χ4n) is 1.91. The summed E-state index contributed by atoms with van der Waals surface area (Å²) in [6, 6.07) is 10.5. The summed E-state index contributed by atoms with van der Waals surface area (Å²) in [5, 5.41) is 2.89. The van der Waals surface area contributed by atoms with Crippen LogP contribution in [0.25, 0.3) is 20.5 Å². The highest BCUT2D eigenvalue weighted by Crippen LogP contribution is 2.38. The molecule has 0 aliphatic carbocycles. The third-order valence-corrected chi connectivity index (χ3v) is 4.91. The second-order valence-corrected chi connectivity index (χ2v) is 6.13. The van der Waals surface area contributed by atoms with Crippen LogP contribution in [0, 0.1) is 0 Å². The Hall–Kier alpha value is -1.66. The average molecular weight is 312 g/mol. The number of hydrogen-bond donors (Lipinski definition) is 0. The molecule has 0 aliphatic rings. The SMILES string of the molecule is O=C(c1ccc(-c2csc3ccccc23)s1)C(F)(F)F. The number of ketones is 1. The summed E-state index contributed by atoms with van der Waals surface area (Å²) in [5.74, 6) is -1.78. The lowest BCUT2D eigenvalue weighted by molar-refractivity contribution is -0.0882. The number of carbonyl (C=O) groups excluding carboxylic acids is 1. The van der Waals surface area contributed by atoms with Gasteiger partial charge in [-0.2, -0.15) is 13.2 Å². The number of hydrogen-bond acceptors (Lipinski definition) is 3. The zero-order chi connectivity index (χ0) is 14.3. The van der Waals surface area contributed by atoms with Crippen molar-refractivity contribution in [1.82, 2.24) is 0 Å². The maximum atomic E-state index is 12.4. The van der Waals surface area contributed by atoms with Gasteiger partial charge in [0.1, 0.15) is 0 Å². The molecule has 3 rings (SSSR count). The molecule has 0 unspecified atom stereocenters. The highest BCUT2D eigenvalue weighted by molar-refractivity contribution is 7.20. The van der Waals surface area contributed by atoms with Gasteiger partial charge in [-0.05, 0) is 18.2 Å².